The van der Waals surface area contributed by atoms with Gasteiger partial charge in [-0.2, -0.15) is 5.10 Å². The van der Waals surface area contributed by atoms with Gasteiger partial charge in [0.2, 0.25) is 11.8 Å². The van der Waals surface area contributed by atoms with Crippen molar-refractivity contribution in [2.45, 2.75) is 18.6 Å². The Morgan fingerprint density at radius 1 is 1.22 bits per heavy atom. The second-order valence-corrected chi connectivity index (χ2v) is 8.49. The Hall–Kier alpha value is -3.46. The molecule has 1 unspecified atom stereocenters. The molecule has 7 nitrogen and oxygen atoms in total. The molecule has 0 aliphatic carbocycles. The number of halogens is 1. The number of rotatable bonds is 6. The summed E-state index contributed by atoms with van der Waals surface area (Å²) in [4.78, 5) is 26.5. The average molecular weight is 454 g/mol. The van der Waals surface area contributed by atoms with E-state index in [4.69, 9.17) is 0 Å². The zero-order chi connectivity index (χ0) is 23.1. The summed E-state index contributed by atoms with van der Waals surface area (Å²) in [5.41, 5.74) is 2.82. The Morgan fingerprint density at radius 2 is 1.94 bits per heavy atom. The standard InChI is InChI=1S/C23H24FN5O2S/c1-15(8-9-16-10-12-17(13-11-16)29(2)3)27-28-23-26-21(30)14-20(32-23)22(31)25-19-7-5-4-6-18(19)24/h4-13,20H,14H2,1-3H3,(H,25,31)(H,26,28,30)/b9-8+,27-15+. The van der Waals surface area contributed by atoms with Crippen molar-refractivity contribution in [3.8, 4) is 0 Å². The van der Waals surface area contributed by atoms with Gasteiger partial charge >= 0.3 is 0 Å². The van der Waals surface area contributed by atoms with Crippen molar-refractivity contribution in [2.75, 3.05) is 24.3 Å². The highest BCUT2D eigenvalue weighted by atomic mass is 32.2. The highest BCUT2D eigenvalue weighted by molar-refractivity contribution is 8.15. The van der Waals surface area contributed by atoms with Crippen molar-refractivity contribution < 1.29 is 14.0 Å². The number of allylic oxidation sites excluding steroid dienone is 1. The highest BCUT2D eigenvalue weighted by Gasteiger charge is 2.30. The van der Waals surface area contributed by atoms with Gasteiger partial charge in [0.25, 0.3) is 0 Å². The fourth-order valence-corrected chi connectivity index (χ4v) is 3.70. The minimum absolute atomic E-state index is 0.0322. The molecule has 0 spiro atoms. The number of hydrogen-bond acceptors (Lipinski definition) is 6. The Bertz CT molecular complexity index is 1080. The molecule has 32 heavy (non-hydrogen) atoms. The first-order valence-electron chi connectivity index (χ1n) is 9.91. The summed E-state index contributed by atoms with van der Waals surface area (Å²) >= 11 is 1.08. The number of carbonyl (C=O) groups excluding carboxylic acids is 2. The van der Waals surface area contributed by atoms with Gasteiger partial charge in [-0.25, -0.2) is 4.39 Å². The lowest BCUT2D eigenvalue weighted by Crippen LogP contribution is -2.42. The molecule has 1 atom stereocenters. The topological polar surface area (TPSA) is 86.2 Å². The summed E-state index contributed by atoms with van der Waals surface area (Å²) in [7, 11) is 3.97. The van der Waals surface area contributed by atoms with Gasteiger partial charge in [0.05, 0.1) is 11.4 Å². The number of nitrogens with one attached hydrogen (secondary N) is 2. The van der Waals surface area contributed by atoms with E-state index in [1.54, 1.807) is 13.0 Å². The molecule has 1 aliphatic heterocycles. The van der Waals surface area contributed by atoms with Crippen molar-refractivity contribution in [3.63, 3.8) is 0 Å². The van der Waals surface area contributed by atoms with E-state index in [9.17, 15) is 14.0 Å². The largest absolute Gasteiger partial charge is 0.378 e. The van der Waals surface area contributed by atoms with Crippen LogP contribution >= 0.6 is 11.8 Å². The van der Waals surface area contributed by atoms with Crippen LogP contribution in [0, 0.1) is 5.82 Å². The number of carbonyl (C=O) groups is 2. The van der Waals surface area contributed by atoms with E-state index >= 15 is 0 Å². The summed E-state index contributed by atoms with van der Waals surface area (Å²) in [6, 6.07) is 13.9. The van der Waals surface area contributed by atoms with Crippen LogP contribution in [-0.2, 0) is 9.59 Å². The van der Waals surface area contributed by atoms with Crippen LogP contribution in [0.1, 0.15) is 18.9 Å². The lowest BCUT2D eigenvalue weighted by Gasteiger charge is -2.21. The Labute approximate surface area is 190 Å². The van der Waals surface area contributed by atoms with Crippen LogP contribution in [0.15, 0.2) is 64.8 Å². The first kappa shape index (κ1) is 23.2. The van der Waals surface area contributed by atoms with Gasteiger partial charge in [0.1, 0.15) is 11.1 Å². The normalized spacial score (nSPS) is 18.0. The van der Waals surface area contributed by atoms with Gasteiger partial charge < -0.3 is 15.5 Å². The Morgan fingerprint density at radius 3 is 2.62 bits per heavy atom. The number of benzene rings is 2. The lowest BCUT2D eigenvalue weighted by molar-refractivity contribution is -0.123. The molecule has 1 saturated heterocycles. The van der Waals surface area contributed by atoms with Gasteiger partial charge in [-0.1, -0.05) is 42.1 Å². The molecule has 0 radical (unpaired) electrons. The molecule has 2 aromatic carbocycles. The fourth-order valence-electron chi connectivity index (χ4n) is 2.77. The zero-order valence-electron chi connectivity index (χ0n) is 18.0. The highest BCUT2D eigenvalue weighted by Crippen LogP contribution is 2.23. The monoisotopic (exact) mass is 453 g/mol. The molecule has 0 bridgehead atoms. The minimum Gasteiger partial charge on any atom is -0.378 e. The van der Waals surface area contributed by atoms with Crippen LogP contribution in [0.4, 0.5) is 15.8 Å². The van der Waals surface area contributed by atoms with E-state index in [1.165, 1.54) is 18.2 Å². The Kier molecular flexibility index (Phi) is 7.77. The average Bonchev–Trinajstić information content (AvgIpc) is 2.77. The molecule has 3 rings (SSSR count). The molecular weight excluding hydrogens is 429 g/mol. The van der Waals surface area contributed by atoms with E-state index < -0.39 is 17.0 Å². The van der Waals surface area contributed by atoms with Crippen molar-refractivity contribution in [1.82, 2.24) is 5.32 Å². The number of para-hydroxylation sites is 1. The number of hydrogen-bond donors (Lipinski definition) is 2. The van der Waals surface area contributed by atoms with Gasteiger partial charge in [0, 0.05) is 26.2 Å². The third kappa shape index (κ3) is 6.52. The van der Waals surface area contributed by atoms with Crippen LogP contribution in [-0.4, -0.2) is 42.0 Å². The summed E-state index contributed by atoms with van der Waals surface area (Å²) in [5.74, 6) is -1.35. The van der Waals surface area contributed by atoms with Crippen LogP contribution in [0.2, 0.25) is 0 Å². The minimum atomic E-state index is -0.733. The van der Waals surface area contributed by atoms with Crippen LogP contribution in [0.3, 0.4) is 0 Å². The smallest absolute Gasteiger partial charge is 0.238 e. The SMILES string of the molecule is CC(/C=C/c1ccc(N(C)C)cc1)=N\N=C1/NC(=O)CC(C(=O)Nc2ccccc2F)S1. The molecule has 2 aromatic rings. The first-order chi connectivity index (χ1) is 15.3. The predicted molar refractivity (Wildman–Crippen MR) is 130 cm³/mol. The van der Waals surface area contributed by atoms with E-state index in [1.807, 2.05) is 55.4 Å². The first-order valence-corrected chi connectivity index (χ1v) is 10.8. The number of amidine groups is 1. The lowest BCUT2D eigenvalue weighted by atomic mass is 10.2. The maximum absolute atomic E-state index is 13.8. The predicted octanol–water partition coefficient (Wildman–Crippen LogP) is 3.90. The third-order valence-electron chi connectivity index (χ3n) is 4.52. The Balaban J connectivity index is 1.63. The molecule has 9 heteroatoms. The van der Waals surface area contributed by atoms with Crippen LogP contribution < -0.4 is 15.5 Å². The van der Waals surface area contributed by atoms with Gasteiger partial charge in [-0.05, 0) is 42.8 Å². The number of nitrogens with zero attached hydrogens (tertiary/aromatic N) is 3. The quantitative estimate of drug-likeness (QED) is 0.513. The number of thioether (sulfide) groups is 1. The second-order valence-electron chi connectivity index (χ2n) is 7.29. The molecule has 1 fully saturated rings. The van der Waals surface area contributed by atoms with Gasteiger partial charge in [-0.3, -0.25) is 9.59 Å². The van der Waals surface area contributed by atoms with E-state index in [-0.39, 0.29) is 23.2 Å². The number of amides is 2. The van der Waals surface area contributed by atoms with Crippen molar-refractivity contribution in [2.24, 2.45) is 10.2 Å². The van der Waals surface area contributed by atoms with E-state index in [2.05, 4.69) is 20.8 Å². The molecule has 166 valence electrons. The van der Waals surface area contributed by atoms with Gasteiger partial charge in [-0.15, -0.1) is 5.10 Å². The second kappa shape index (κ2) is 10.7. The van der Waals surface area contributed by atoms with Gasteiger partial charge in [0.15, 0.2) is 5.17 Å². The number of anilines is 2. The van der Waals surface area contributed by atoms with E-state index in [0.29, 0.717) is 5.71 Å². The molecule has 1 aliphatic rings. The maximum atomic E-state index is 13.8. The molecular formula is C23H24FN5O2S. The summed E-state index contributed by atoms with van der Waals surface area (Å²) in [6.45, 7) is 1.78. The fraction of sp³-hybridized carbons (Fsp3) is 0.217. The third-order valence-corrected chi connectivity index (χ3v) is 5.59. The summed E-state index contributed by atoms with van der Waals surface area (Å²) in [5, 5.41) is 12.8. The maximum Gasteiger partial charge on any atom is 0.238 e. The van der Waals surface area contributed by atoms with Crippen molar-refractivity contribution in [1.29, 1.82) is 0 Å². The molecule has 2 amide bonds. The van der Waals surface area contributed by atoms with Crippen molar-refractivity contribution >= 4 is 51.9 Å². The zero-order valence-corrected chi connectivity index (χ0v) is 18.8. The molecule has 0 aromatic heterocycles. The molecule has 0 saturated carbocycles. The van der Waals surface area contributed by atoms with Crippen LogP contribution in [0.25, 0.3) is 6.08 Å². The molecule has 2 N–H and O–H groups in total. The molecule has 1 heterocycles. The van der Waals surface area contributed by atoms with E-state index in [0.717, 1.165) is 23.0 Å². The summed E-state index contributed by atoms with van der Waals surface area (Å²) < 4.78 is 13.8. The van der Waals surface area contributed by atoms with Crippen LogP contribution in [0.5, 0.6) is 0 Å². The summed E-state index contributed by atoms with van der Waals surface area (Å²) in [6.07, 6.45) is 3.69. The van der Waals surface area contributed by atoms with Crippen molar-refractivity contribution in [3.05, 3.63) is 66.0 Å².